The third-order valence-electron chi connectivity index (χ3n) is 1.58. The molecule has 0 unspecified atom stereocenters. The smallest absolute Gasteiger partial charge is 0.339 e. The monoisotopic (exact) mass is 196 g/mol. The molecule has 0 fully saturated rings. The van der Waals surface area contributed by atoms with Crippen LogP contribution < -0.4 is 0 Å². The van der Waals surface area contributed by atoms with Crippen molar-refractivity contribution in [3.63, 3.8) is 0 Å². The van der Waals surface area contributed by atoms with Gasteiger partial charge < -0.3 is 9.84 Å². The van der Waals surface area contributed by atoms with Gasteiger partial charge in [0.1, 0.15) is 11.9 Å². The molecular formula is C9H12N2O3. The molecule has 0 radical (unpaired) electrons. The van der Waals surface area contributed by atoms with Gasteiger partial charge in [0.25, 0.3) is 0 Å². The van der Waals surface area contributed by atoms with E-state index in [4.69, 9.17) is 9.84 Å². The lowest BCUT2D eigenvalue weighted by Gasteiger charge is -2.07. The van der Waals surface area contributed by atoms with E-state index in [1.807, 2.05) is 13.8 Å². The highest BCUT2D eigenvalue weighted by atomic mass is 16.5. The minimum atomic E-state index is -1.03. The van der Waals surface area contributed by atoms with E-state index in [-0.39, 0.29) is 18.3 Å². The van der Waals surface area contributed by atoms with Crippen LogP contribution in [0.15, 0.2) is 12.5 Å². The Balaban J connectivity index is 2.79. The summed E-state index contributed by atoms with van der Waals surface area (Å²) >= 11 is 0. The van der Waals surface area contributed by atoms with Gasteiger partial charge in [0.2, 0.25) is 0 Å². The molecule has 0 spiro atoms. The van der Waals surface area contributed by atoms with Crippen molar-refractivity contribution in [3.05, 3.63) is 23.8 Å². The number of carboxylic acids is 1. The highest BCUT2D eigenvalue weighted by Gasteiger charge is 2.11. The first-order valence-electron chi connectivity index (χ1n) is 4.25. The Morgan fingerprint density at radius 2 is 2.36 bits per heavy atom. The molecule has 0 aliphatic rings. The van der Waals surface area contributed by atoms with Gasteiger partial charge in [-0.05, 0) is 13.8 Å². The summed E-state index contributed by atoms with van der Waals surface area (Å²) in [6.45, 7) is 3.95. The number of carboxylic acid groups (broad SMARTS) is 1. The third kappa shape index (κ3) is 2.77. The van der Waals surface area contributed by atoms with E-state index < -0.39 is 5.97 Å². The Morgan fingerprint density at radius 3 is 2.93 bits per heavy atom. The highest BCUT2D eigenvalue weighted by Crippen LogP contribution is 2.06. The van der Waals surface area contributed by atoms with Crippen LogP contribution >= 0.6 is 0 Å². The Bertz CT molecular complexity index is 326. The average molecular weight is 196 g/mol. The average Bonchev–Trinajstić information content (AvgIpc) is 2.15. The van der Waals surface area contributed by atoms with Gasteiger partial charge in [-0.2, -0.15) is 0 Å². The Hall–Kier alpha value is -1.49. The van der Waals surface area contributed by atoms with Crippen LogP contribution in [0.4, 0.5) is 0 Å². The summed E-state index contributed by atoms with van der Waals surface area (Å²) in [7, 11) is 0. The molecule has 76 valence electrons. The fraction of sp³-hybridized carbons (Fsp3) is 0.444. The zero-order valence-corrected chi connectivity index (χ0v) is 8.10. The molecule has 0 amide bonds. The standard InChI is InChI=1S/C9H12N2O3/c1-6(2)14-4-8-7(9(12)13)3-10-5-11-8/h3,5-6H,4H2,1-2H3,(H,12,13). The summed E-state index contributed by atoms with van der Waals surface area (Å²) in [4.78, 5) is 18.2. The summed E-state index contributed by atoms with van der Waals surface area (Å²) in [5.41, 5.74) is 0.495. The van der Waals surface area contributed by atoms with Crippen molar-refractivity contribution in [3.8, 4) is 0 Å². The molecule has 0 bridgehead atoms. The minimum absolute atomic E-state index is 0.0478. The largest absolute Gasteiger partial charge is 0.478 e. The number of hydrogen-bond donors (Lipinski definition) is 1. The molecule has 0 atom stereocenters. The molecule has 1 aromatic heterocycles. The predicted molar refractivity (Wildman–Crippen MR) is 48.9 cm³/mol. The van der Waals surface area contributed by atoms with E-state index >= 15 is 0 Å². The highest BCUT2D eigenvalue weighted by molar-refractivity contribution is 5.88. The number of nitrogens with zero attached hydrogens (tertiary/aromatic N) is 2. The molecule has 0 aliphatic carbocycles. The molecule has 0 saturated carbocycles. The number of carbonyl (C=O) groups is 1. The number of rotatable bonds is 4. The van der Waals surface area contributed by atoms with Crippen LogP contribution in [-0.4, -0.2) is 27.1 Å². The maximum absolute atomic E-state index is 10.7. The van der Waals surface area contributed by atoms with Crippen LogP contribution in [0.1, 0.15) is 29.9 Å². The van der Waals surface area contributed by atoms with E-state index in [9.17, 15) is 4.79 Å². The maximum Gasteiger partial charge on any atom is 0.339 e. The topological polar surface area (TPSA) is 72.3 Å². The van der Waals surface area contributed by atoms with E-state index in [0.29, 0.717) is 5.69 Å². The molecule has 1 heterocycles. The second-order valence-corrected chi connectivity index (χ2v) is 3.05. The first-order valence-corrected chi connectivity index (χ1v) is 4.25. The number of hydrogen-bond acceptors (Lipinski definition) is 4. The van der Waals surface area contributed by atoms with Crippen LogP contribution in [0.5, 0.6) is 0 Å². The van der Waals surface area contributed by atoms with Gasteiger partial charge >= 0.3 is 5.97 Å². The molecule has 0 aromatic carbocycles. The fourth-order valence-corrected chi connectivity index (χ4v) is 0.894. The van der Waals surface area contributed by atoms with Gasteiger partial charge in [-0.1, -0.05) is 0 Å². The normalized spacial score (nSPS) is 10.5. The van der Waals surface area contributed by atoms with Crippen molar-refractivity contribution in [2.45, 2.75) is 26.6 Å². The number of aromatic nitrogens is 2. The van der Waals surface area contributed by atoms with E-state index in [2.05, 4.69) is 9.97 Å². The Kier molecular flexibility index (Phi) is 3.53. The SMILES string of the molecule is CC(C)OCc1ncncc1C(=O)O. The first kappa shape index (κ1) is 10.6. The molecule has 1 aromatic rings. The van der Waals surface area contributed by atoms with Gasteiger partial charge in [-0.15, -0.1) is 0 Å². The van der Waals surface area contributed by atoms with Gasteiger partial charge in [-0.3, -0.25) is 0 Å². The van der Waals surface area contributed by atoms with Crippen LogP contribution in [-0.2, 0) is 11.3 Å². The van der Waals surface area contributed by atoms with Crippen LogP contribution in [0, 0.1) is 0 Å². The summed E-state index contributed by atoms with van der Waals surface area (Å²) in [6.07, 6.45) is 2.63. The van der Waals surface area contributed by atoms with Crippen LogP contribution in [0.3, 0.4) is 0 Å². The zero-order valence-electron chi connectivity index (χ0n) is 8.10. The van der Waals surface area contributed by atoms with Crippen LogP contribution in [0.2, 0.25) is 0 Å². The van der Waals surface area contributed by atoms with E-state index in [0.717, 1.165) is 0 Å². The van der Waals surface area contributed by atoms with E-state index in [1.54, 1.807) is 0 Å². The second-order valence-electron chi connectivity index (χ2n) is 3.05. The van der Waals surface area contributed by atoms with Crippen molar-refractivity contribution in [1.29, 1.82) is 0 Å². The molecular weight excluding hydrogens is 184 g/mol. The van der Waals surface area contributed by atoms with Crippen LogP contribution in [0.25, 0.3) is 0 Å². The predicted octanol–water partition coefficient (Wildman–Crippen LogP) is 1.10. The number of aromatic carboxylic acids is 1. The second kappa shape index (κ2) is 4.66. The van der Waals surface area contributed by atoms with Crippen molar-refractivity contribution < 1.29 is 14.6 Å². The van der Waals surface area contributed by atoms with Gasteiger partial charge in [0, 0.05) is 6.20 Å². The van der Waals surface area contributed by atoms with Gasteiger partial charge in [0.15, 0.2) is 0 Å². The van der Waals surface area contributed by atoms with Gasteiger partial charge in [-0.25, -0.2) is 14.8 Å². The Labute approximate surface area is 81.8 Å². The van der Waals surface area contributed by atoms with Gasteiger partial charge in [0.05, 0.1) is 18.4 Å². The Morgan fingerprint density at radius 1 is 1.64 bits per heavy atom. The zero-order chi connectivity index (χ0) is 10.6. The molecule has 0 saturated heterocycles. The summed E-state index contributed by atoms with van der Waals surface area (Å²) in [5, 5.41) is 8.80. The summed E-state index contributed by atoms with van der Waals surface area (Å²) in [6, 6.07) is 0. The molecule has 1 N–H and O–H groups in total. The van der Waals surface area contributed by atoms with Crippen molar-refractivity contribution >= 4 is 5.97 Å². The van der Waals surface area contributed by atoms with Crippen molar-refractivity contribution in [2.75, 3.05) is 0 Å². The maximum atomic E-state index is 10.7. The van der Waals surface area contributed by atoms with E-state index in [1.165, 1.54) is 12.5 Å². The lowest BCUT2D eigenvalue weighted by Crippen LogP contribution is -2.10. The summed E-state index contributed by atoms with van der Waals surface area (Å²) in [5.74, 6) is -1.03. The lowest BCUT2D eigenvalue weighted by molar-refractivity contribution is 0.0588. The fourth-order valence-electron chi connectivity index (χ4n) is 0.894. The molecule has 5 heteroatoms. The number of ether oxygens (including phenoxy) is 1. The molecule has 1 rings (SSSR count). The lowest BCUT2D eigenvalue weighted by atomic mass is 10.2. The third-order valence-corrected chi connectivity index (χ3v) is 1.58. The molecule has 0 aliphatic heterocycles. The molecule has 5 nitrogen and oxygen atoms in total. The minimum Gasteiger partial charge on any atom is -0.478 e. The first-order chi connectivity index (χ1) is 6.61. The van der Waals surface area contributed by atoms with Crippen molar-refractivity contribution in [1.82, 2.24) is 9.97 Å². The van der Waals surface area contributed by atoms with Crippen molar-refractivity contribution in [2.24, 2.45) is 0 Å². The quantitative estimate of drug-likeness (QED) is 0.780. The molecule has 14 heavy (non-hydrogen) atoms. The summed E-state index contributed by atoms with van der Waals surface area (Å²) < 4.78 is 5.27.